The molecule has 0 aliphatic carbocycles. The van der Waals surface area contributed by atoms with E-state index in [0.29, 0.717) is 49.6 Å². The quantitative estimate of drug-likeness (QED) is 0.682. The van der Waals surface area contributed by atoms with Gasteiger partial charge in [-0.25, -0.2) is 0 Å². The van der Waals surface area contributed by atoms with Crippen LogP contribution >= 0.6 is 0 Å². The molecule has 2 aliphatic rings. The van der Waals surface area contributed by atoms with E-state index < -0.39 is 0 Å². The Bertz CT molecular complexity index is 873. The summed E-state index contributed by atoms with van der Waals surface area (Å²) in [5, 5.41) is 7.17. The fourth-order valence-corrected chi connectivity index (χ4v) is 4.04. The summed E-state index contributed by atoms with van der Waals surface area (Å²) in [5.74, 6) is 1.92. The molecule has 0 unspecified atom stereocenters. The Balaban J connectivity index is 1.32. The first-order valence-electron chi connectivity index (χ1n) is 11.0. The van der Waals surface area contributed by atoms with E-state index in [2.05, 4.69) is 15.5 Å². The van der Waals surface area contributed by atoms with Crippen molar-refractivity contribution in [1.82, 2.24) is 15.5 Å². The van der Waals surface area contributed by atoms with E-state index >= 15 is 0 Å². The van der Waals surface area contributed by atoms with Crippen molar-refractivity contribution in [3.63, 3.8) is 0 Å². The van der Waals surface area contributed by atoms with Crippen LogP contribution in [0.1, 0.15) is 32.6 Å². The van der Waals surface area contributed by atoms with Crippen LogP contribution in [0.5, 0.6) is 11.5 Å². The molecular weight excluding hydrogens is 400 g/mol. The van der Waals surface area contributed by atoms with E-state index in [9.17, 15) is 4.79 Å². The molecule has 1 N–H and O–H groups in total. The SMILES string of the molecule is CCOc1ccc(-c2noc(N3CCC(C(=O)NC[C@@H]4CCCO4)CC3)n2)cc1OC. The molecule has 31 heavy (non-hydrogen) atoms. The van der Waals surface area contributed by atoms with Crippen molar-refractivity contribution in [1.29, 1.82) is 0 Å². The van der Waals surface area contributed by atoms with E-state index in [0.717, 1.165) is 37.9 Å². The number of methoxy groups -OCH3 is 1. The topological polar surface area (TPSA) is 99.0 Å². The lowest BCUT2D eigenvalue weighted by Crippen LogP contribution is -2.42. The third-order valence-electron chi connectivity index (χ3n) is 5.80. The predicted octanol–water partition coefficient (Wildman–Crippen LogP) is 2.66. The number of hydrogen-bond acceptors (Lipinski definition) is 8. The van der Waals surface area contributed by atoms with Gasteiger partial charge in [0.15, 0.2) is 11.5 Å². The van der Waals surface area contributed by atoms with Crippen LogP contribution in [0.15, 0.2) is 22.7 Å². The zero-order valence-electron chi connectivity index (χ0n) is 18.1. The highest BCUT2D eigenvalue weighted by atomic mass is 16.5. The maximum absolute atomic E-state index is 12.5. The molecule has 2 aliphatic heterocycles. The smallest absolute Gasteiger partial charge is 0.324 e. The van der Waals surface area contributed by atoms with Crippen LogP contribution in [0.4, 0.5) is 6.01 Å². The maximum Gasteiger partial charge on any atom is 0.324 e. The molecule has 1 atom stereocenters. The van der Waals surface area contributed by atoms with Crippen molar-refractivity contribution < 1.29 is 23.5 Å². The zero-order valence-corrected chi connectivity index (χ0v) is 18.1. The molecule has 3 heterocycles. The molecule has 4 rings (SSSR count). The zero-order chi connectivity index (χ0) is 21.6. The Morgan fingerprint density at radius 3 is 2.81 bits per heavy atom. The summed E-state index contributed by atoms with van der Waals surface area (Å²) in [6.07, 6.45) is 3.78. The van der Waals surface area contributed by atoms with Gasteiger partial charge >= 0.3 is 6.01 Å². The molecule has 0 radical (unpaired) electrons. The second-order valence-corrected chi connectivity index (χ2v) is 7.84. The monoisotopic (exact) mass is 430 g/mol. The number of rotatable bonds is 8. The molecule has 0 saturated carbocycles. The first-order chi connectivity index (χ1) is 15.2. The van der Waals surface area contributed by atoms with Crippen LogP contribution in [0.25, 0.3) is 11.4 Å². The summed E-state index contributed by atoms with van der Waals surface area (Å²) in [5.41, 5.74) is 0.790. The van der Waals surface area contributed by atoms with Gasteiger partial charge in [0.1, 0.15) is 0 Å². The first kappa shape index (κ1) is 21.4. The van der Waals surface area contributed by atoms with Gasteiger partial charge in [0.25, 0.3) is 0 Å². The fraction of sp³-hybridized carbons (Fsp3) is 0.591. The van der Waals surface area contributed by atoms with Crippen LogP contribution in [0.3, 0.4) is 0 Å². The number of anilines is 1. The van der Waals surface area contributed by atoms with Gasteiger partial charge in [-0.1, -0.05) is 5.16 Å². The minimum atomic E-state index is 0.00964. The average Bonchev–Trinajstić information content (AvgIpc) is 3.50. The number of amides is 1. The second kappa shape index (κ2) is 10.00. The molecule has 0 bridgehead atoms. The molecule has 0 spiro atoms. The molecule has 9 nitrogen and oxygen atoms in total. The van der Waals surface area contributed by atoms with Crippen molar-refractivity contribution in [2.75, 3.05) is 44.9 Å². The number of nitrogens with one attached hydrogen (secondary N) is 1. The van der Waals surface area contributed by atoms with E-state index in [1.807, 2.05) is 30.0 Å². The lowest BCUT2D eigenvalue weighted by Gasteiger charge is -2.29. The molecule has 1 amide bonds. The normalized spacial score (nSPS) is 19.4. The predicted molar refractivity (Wildman–Crippen MR) is 114 cm³/mol. The number of hydrogen-bond donors (Lipinski definition) is 1. The van der Waals surface area contributed by atoms with Gasteiger partial charge in [0.2, 0.25) is 11.7 Å². The Morgan fingerprint density at radius 1 is 1.26 bits per heavy atom. The highest BCUT2D eigenvalue weighted by Crippen LogP contribution is 2.32. The van der Waals surface area contributed by atoms with Gasteiger partial charge < -0.3 is 29.0 Å². The Hall–Kier alpha value is -2.81. The number of carbonyl (C=O) groups is 1. The molecule has 1 aromatic carbocycles. The Kier molecular flexibility index (Phi) is 6.91. The highest BCUT2D eigenvalue weighted by molar-refractivity contribution is 5.79. The van der Waals surface area contributed by atoms with Crippen molar-refractivity contribution in [3.05, 3.63) is 18.2 Å². The van der Waals surface area contributed by atoms with Crippen LogP contribution < -0.4 is 19.7 Å². The minimum absolute atomic E-state index is 0.00964. The number of ether oxygens (including phenoxy) is 3. The average molecular weight is 431 g/mol. The highest BCUT2D eigenvalue weighted by Gasteiger charge is 2.28. The lowest BCUT2D eigenvalue weighted by atomic mass is 9.96. The van der Waals surface area contributed by atoms with Crippen LogP contribution in [-0.2, 0) is 9.53 Å². The van der Waals surface area contributed by atoms with Gasteiger partial charge in [0, 0.05) is 37.7 Å². The van der Waals surface area contributed by atoms with Crippen molar-refractivity contribution in [2.45, 2.75) is 38.7 Å². The van der Waals surface area contributed by atoms with Gasteiger partial charge in [-0.15, -0.1) is 0 Å². The number of aromatic nitrogens is 2. The largest absolute Gasteiger partial charge is 0.493 e. The van der Waals surface area contributed by atoms with E-state index in [-0.39, 0.29) is 17.9 Å². The summed E-state index contributed by atoms with van der Waals surface area (Å²) in [6, 6.07) is 6.03. The number of carbonyl (C=O) groups excluding carboxylic acids is 1. The standard InChI is InChI=1S/C22H30N4O5/c1-3-29-18-7-6-16(13-19(18)28-2)20-24-22(31-25-20)26-10-8-15(9-11-26)21(27)23-14-17-5-4-12-30-17/h6-7,13,15,17H,3-5,8-12,14H2,1-2H3,(H,23,27)/t17-/m0/s1. The fourth-order valence-electron chi connectivity index (χ4n) is 4.04. The number of benzene rings is 1. The van der Waals surface area contributed by atoms with Crippen LogP contribution in [0, 0.1) is 5.92 Å². The Labute approximate surface area is 182 Å². The van der Waals surface area contributed by atoms with Crippen molar-refractivity contribution in [3.8, 4) is 22.9 Å². The molecule has 2 fully saturated rings. The van der Waals surface area contributed by atoms with E-state index in [1.165, 1.54) is 0 Å². The Morgan fingerprint density at radius 2 is 2.10 bits per heavy atom. The van der Waals surface area contributed by atoms with Crippen LogP contribution in [0.2, 0.25) is 0 Å². The van der Waals surface area contributed by atoms with Gasteiger partial charge in [-0.05, 0) is 50.8 Å². The minimum Gasteiger partial charge on any atom is -0.493 e. The molecular formula is C22H30N4O5. The third-order valence-corrected chi connectivity index (χ3v) is 5.80. The molecule has 9 heteroatoms. The lowest BCUT2D eigenvalue weighted by molar-refractivity contribution is -0.126. The summed E-state index contributed by atoms with van der Waals surface area (Å²) in [6.45, 7) is 5.30. The maximum atomic E-state index is 12.5. The number of piperidine rings is 1. The van der Waals surface area contributed by atoms with Gasteiger partial charge in [-0.3, -0.25) is 4.79 Å². The van der Waals surface area contributed by atoms with Crippen molar-refractivity contribution >= 4 is 11.9 Å². The summed E-state index contributed by atoms with van der Waals surface area (Å²) < 4.78 is 22.0. The molecule has 2 aromatic rings. The first-order valence-corrected chi connectivity index (χ1v) is 11.0. The van der Waals surface area contributed by atoms with Crippen LogP contribution in [-0.4, -0.2) is 62.1 Å². The van der Waals surface area contributed by atoms with Gasteiger partial charge in [0.05, 0.1) is 19.8 Å². The number of nitrogens with zero attached hydrogens (tertiary/aromatic N) is 3. The van der Waals surface area contributed by atoms with Gasteiger partial charge in [-0.2, -0.15) is 4.98 Å². The van der Waals surface area contributed by atoms with E-state index in [1.54, 1.807) is 7.11 Å². The third kappa shape index (κ3) is 5.10. The van der Waals surface area contributed by atoms with E-state index in [4.69, 9.17) is 18.7 Å². The molecule has 1 aromatic heterocycles. The summed E-state index contributed by atoms with van der Waals surface area (Å²) in [4.78, 5) is 19.0. The summed E-state index contributed by atoms with van der Waals surface area (Å²) >= 11 is 0. The molecule has 2 saturated heterocycles. The molecule has 168 valence electrons. The van der Waals surface area contributed by atoms with Crippen molar-refractivity contribution in [2.24, 2.45) is 5.92 Å². The second-order valence-electron chi connectivity index (χ2n) is 7.84. The summed E-state index contributed by atoms with van der Waals surface area (Å²) in [7, 11) is 1.60.